The van der Waals surface area contributed by atoms with Crippen LogP contribution < -0.4 is 15.6 Å². The Bertz CT molecular complexity index is 1960. The van der Waals surface area contributed by atoms with E-state index in [1.165, 1.54) is 52.1 Å². The maximum Gasteiger partial charge on any atom is 0.254 e. The van der Waals surface area contributed by atoms with Crippen LogP contribution in [-0.4, -0.2) is 42.0 Å². The molecule has 13 heteroatoms. The molecule has 0 saturated heterocycles. The first kappa shape index (κ1) is 30.1. The molecule has 0 aliphatic carbocycles. The van der Waals surface area contributed by atoms with Crippen LogP contribution in [0, 0.1) is 17.6 Å². The minimum atomic E-state index is -0.772. The molecule has 0 fully saturated rings. The van der Waals surface area contributed by atoms with Crippen LogP contribution in [-0.2, 0) is 4.79 Å². The number of hydrogen-bond acceptors (Lipinski definition) is 7. The van der Waals surface area contributed by atoms with Gasteiger partial charge >= 0.3 is 0 Å². The summed E-state index contributed by atoms with van der Waals surface area (Å²) in [6.45, 7) is 3.99. The van der Waals surface area contributed by atoms with Crippen molar-refractivity contribution in [1.82, 2.24) is 29.5 Å². The number of ether oxygens (including phenoxy) is 1. The first-order chi connectivity index (χ1) is 21.7. The Morgan fingerprint density at radius 2 is 1.91 bits per heavy atom. The van der Waals surface area contributed by atoms with Crippen LogP contribution in [0.1, 0.15) is 44.8 Å². The van der Waals surface area contributed by atoms with Crippen LogP contribution in [0.2, 0.25) is 5.02 Å². The number of nitrogens with zero attached hydrogens (tertiary/aromatic N) is 6. The Labute approximate surface area is 261 Å². The number of carbonyl (C=O) groups is 1. The minimum Gasteiger partial charge on any atom is -0.476 e. The Kier molecular flexibility index (Phi) is 8.40. The molecule has 2 atom stereocenters. The van der Waals surface area contributed by atoms with Crippen LogP contribution >= 0.6 is 11.6 Å². The summed E-state index contributed by atoms with van der Waals surface area (Å²) in [6, 6.07) is 11.3. The number of nitrogens with one attached hydrogen (secondary N) is 1. The lowest BCUT2D eigenvalue weighted by Gasteiger charge is -2.23. The third-order valence-electron chi connectivity index (χ3n) is 7.75. The molecule has 2 bridgehead atoms. The Morgan fingerprint density at radius 3 is 2.71 bits per heavy atom. The second-order valence-electron chi connectivity index (χ2n) is 10.7. The molecule has 2 aromatic carbocycles. The van der Waals surface area contributed by atoms with Gasteiger partial charge in [-0.25, -0.2) is 18.4 Å². The minimum absolute atomic E-state index is 0.0306. The quantitative estimate of drug-likeness (QED) is 0.244. The standard InChI is InChI=1S/C32H28ClF2N7O3/c1-3-45-28-16-42(40-39-28)27-10-8-22(33)31(35)30(27)25-15-29(43)41(17-37-25)26-6-4-5-18(2)32(44)38-23-9-7-20(34)14-21(23)19-11-12-36-24(26)13-19/h7-18,26H,3-6H2,1-2H3,(H,38,44). The maximum atomic E-state index is 15.5. The van der Waals surface area contributed by atoms with E-state index in [2.05, 4.69) is 25.6 Å². The fourth-order valence-electron chi connectivity index (χ4n) is 5.43. The van der Waals surface area contributed by atoms with Gasteiger partial charge in [0, 0.05) is 29.4 Å². The Balaban J connectivity index is 1.44. The summed E-state index contributed by atoms with van der Waals surface area (Å²) in [6.07, 6.45) is 6.02. The molecule has 6 rings (SSSR count). The van der Waals surface area contributed by atoms with Crippen LogP contribution in [0.3, 0.4) is 0 Å². The molecule has 5 aromatic rings. The number of benzene rings is 2. The number of hydrogen-bond donors (Lipinski definition) is 1. The lowest BCUT2D eigenvalue weighted by Crippen LogP contribution is -2.27. The number of anilines is 1. The van der Waals surface area contributed by atoms with Gasteiger partial charge < -0.3 is 10.1 Å². The van der Waals surface area contributed by atoms with Crippen molar-refractivity contribution in [3.05, 3.63) is 100.0 Å². The van der Waals surface area contributed by atoms with E-state index in [4.69, 9.17) is 16.3 Å². The van der Waals surface area contributed by atoms with Crippen LogP contribution in [0.15, 0.2) is 72.0 Å². The van der Waals surface area contributed by atoms with Crippen molar-refractivity contribution in [2.45, 2.75) is 39.2 Å². The van der Waals surface area contributed by atoms with Crippen LogP contribution in [0.5, 0.6) is 5.88 Å². The number of rotatable bonds is 5. The molecule has 1 aliphatic rings. The van der Waals surface area contributed by atoms with Gasteiger partial charge in [0.2, 0.25) is 5.91 Å². The summed E-state index contributed by atoms with van der Waals surface area (Å²) in [5.41, 5.74) is 1.96. The summed E-state index contributed by atoms with van der Waals surface area (Å²) in [7, 11) is 0. The van der Waals surface area contributed by atoms with Gasteiger partial charge in [0.1, 0.15) is 5.82 Å². The van der Waals surface area contributed by atoms with Crippen molar-refractivity contribution in [3.63, 3.8) is 0 Å². The van der Waals surface area contributed by atoms with Crippen LogP contribution in [0.25, 0.3) is 28.1 Å². The molecule has 230 valence electrons. The molecule has 2 unspecified atom stereocenters. The van der Waals surface area contributed by atoms with E-state index in [0.29, 0.717) is 48.4 Å². The molecule has 0 radical (unpaired) electrons. The van der Waals surface area contributed by atoms with E-state index in [-0.39, 0.29) is 39.7 Å². The molecular weight excluding hydrogens is 604 g/mol. The molecule has 45 heavy (non-hydrogen) atoms. The molecule has 1 amide bonds. The number of fused-ring (bicyclic) bond motifs is 4. The molecule has 1 aliphatic heterocycles. The highest BCUT2D eigenvalue weighted by molar-refractivity contribution is 6.31. The van der Waals surface area contributed by atoms with Crippen LogP contribution in [0.4, 0.5) is 14.5 Å². The summed E-state index contributed by atoms with van der Waals surface area (Å²) in [4.78, 5) is 35.8. The molecule has 1 N–H and O–H groups in total. The van der Waals surface area contributed by atoms with E-state index in [1.807, 2.05) is 6.92 Å². The van der Waals surface area contributed by atoms with Gasteiger partial charge in [0.15, 0.2) is 5.82 Å². The average molecular weight is 632 g/mol. The van der Waals surface area contributed by atoms with Gasteiger partial charge in [-0.05, 0) is 67.8 Å². The van der Waals surface area contributed by atoms with Gasteiger partial charge in [-0.1, -0.05) is 35.3 Å². The lowest BCUT2D eigenvalue weighted by molar-refractivity contribution is -0.119. The maximum absolute atomic E-state index is 15.5. The zero-order valence-corrected chi connectivity index (χ0v) is 25.1. The molecule has 4 heterocycles. The van der Waals surface area contributed by atoms with Crippen molar-refractivity contribution in [2.75, 3.05) is 11.9 Å². The fourth-order valence-corrected chi connectivity index (χ4v) is 5.59. The predicted octanol–water partition coefficient (Wildman–Crippen LogP) is 6.23. The highest BCUT2D eigenvalue weighted by Crippen LogP contribution is 2.35. The van der Waals surface area contributed by atoms with Gasteiger partial charge in [-0.2, -0.15) is 0 Å². The van der Waals surface area contributed by atoms with Crippen molar-refractivity contribution in [1.29, 1.82) is 0 Å². The highest BCUT2D eigenvalue weighted by Gasteiger charge is 2.24. The van der Waals surface area contributed by atoms with Crippen molar-refractivity contribution >= 4 is 23.2 Å². The normalized spacial score (nSPS) is 16.7. The number of halogens is 3. The van der Waals surface area contributed by atoms with E-state index in [0.717, 1.165) is 0 Å². The highest BCUT2D eigenvalue weighted by atomic mass is 35.5. The largest absolute Gasteiger partial charge is 0.476 e. The van der Waals surface area contributed by atoms with E-state index in [1.54, 1.807) is 31.3 Å². The molecule has 0 spiro atoms. The molecule has 0 saturated carbocycles. The van der Waals surface area contributed by atoms with Gasteiger partial charge in [0.25, 0.3) is 11.4 Å². The first-order valence-corrected chi connectivity index (χ1v) is 14.8. The van der Waals surface area contributed by atoms with Gasteiger partial charge in [-0.15, -0.1) is 0 Å². The third-order valence-corrected chi connectivity index (χ3v) is 8.04. The van der Waals surface area contributed by atoms with Crippen molar-refractivity contribution in [3.8, 4) is 34.0 Å². The monoisotopic (exact) mass is 631 g/mol. The summed E-state index contributed by atoms with van der Waals surface area (Å²) >= 11 is 6.15. The van der Waals surface area contributed by atoms with E-state index in [9.17, 15) is 14.0 Å². The Morgan fingerprint density at radius 1 is 1.07 bits per heavy atom. The van der Waals surface area contributed by atoms with E-state index < -0.39 is 23.2 Å². The average Bonchev–Trinajstić information content (AvgIpc) is 3.50. The third kappa shape index (κ3) is 6.05. The zero-order chi connectivity index (χ0) is 31.7. The zero-order valence-electron chi connectivity index (χ0n) is 24.4. The topological polar surface area (TPSA) is 117 Å². The summed E-state index contributed by atoms with van der Waals surface area (Å²) in [5.74, 6) is -1.50. The second kappa shape index (κ2) is 12.6. The summed E-state index contributed by atoms with van der Waals surface area (Å²) in [5, 5.41) is 10.7. The molecular formula is C32H28ClF2N7O3. The van der Waals surface area contributed by atoms with Crippen molar-refractivity contribution in [2.24, 2.45) is 5.92 Å². The SMILES string of the molecule is CCOc1cn(-c2ccc(Cl)c(F)c2-c2cc(=O)n(C3CCCC(C)C(=O)Nc4ccc(F)cc4-c4ccnc3c4)cn2)nn1. The number of aromatic nitrogens is 6. The van der Waals surface area contributed by atoms with Gasteiger partial charge in [0.05, 0.1) is 52.8 Å². The number of amides is 1. The molecule has 3 aromatic heterocycles. The summed E-state index contributed by atoms with van der Waals surface area (Å²) < 4.78 is 38.0. The smallest absolute Gasteiger partial charge is 0.254 e. The number of carbonyl (C=O) groups excluding carboxylic acids is 1. The molecule has 10 nitrogen and oxygen atoms in total. The number of pyridine rings is 1. The van der Waals surface area contributed by atoms with E-state index >= 15 is 4.39 Å². The first-order valence-electron chi connectivity index (χ1n) is 14.4. The van der Waals surface area contributed by atoms with Gasteiger partial charge in [-0.3, -0.25) is 19.1 Å². The predicted molar refractivity (Wildman–Crippen MR) is 164 cm³/mol. The second-order valence-corrected chi connectivity index (χ2v) is 11.1. The lowest BCUT2D eigenvalue weighted by atomic mass is 9.95. The Hall–Kier alpha value is -4.97. The fraction of sp³-hybridized carbons (Fsp3) is 0.250. The van der Waals surface area contributed by atoms with Crippen molar-refractivity contribution < 1.29 is 18.3 Å².